The summed E-state index contributed by atoms with van der Waals surface area (Å²) in [6, 6.07) is 0. The first-order valence-electron chi connectivity index (χ1n) is 14.2. The molecule has 2 bridgehead atoms. The van der Waals surface area contributed by atoms with Gasteiger partial charge in [0.15, 0.2) is 0 Å². The molecular weight excluding hydrogens is 398 g/mol. The van der Waals surface area contributed by atoms with E-state index in [4.69, 9.17) is 0 Å². The molecule has 2 fully saturated rings. The Morgan fingerprint density at radius 2 is 0.800 bits per heavy atom. The lowest BCUT2D eigenvalue weighted by Gasteiger charge is -2.23. The molecule has 0 radical (unpaired) electrons. The molecule has 0 saturated carbocycles. The van der Waals surface area contributed by atoms with Crippen LogP contribution in [0.3, 0.4) is 0 Å². The number of unbranched alkanes of at least 4 members (excludes halogenated alkanes) is 17. The van der Waals surface area contributed by atoms with Crippen molar-refractivity contribution in [3.63, 3.8) is 0 Å². The Morgan fingerprint density at radius 1 is 0.467 bits per heavy atom. The summed E-state index contributed by atoms with van der Waals surface area (Å²) in [5.41, 5.74) is 2.39. The topological polar surface area (TPSA) is 0 Å². The summed E-state index contributed by atoms with van der Waals surface area (Å²) in [6.45, 7) is 2.31. The highest BCUT2D eigenvalue weighted by molar-refractivity contribution is 7.59. The highest BCUT2D eigenvalue weighted by Gasteiger charge is 2.35. The molecule has 180 valence electrons. The predicted octanol–water partition coefficient (Wildman–Crippen LogP) is 10.7. The van der Waals surface area contributed by atoms with Crippen LogP contribution in [0, 0.1) is 0 Å². The molecule has 0 aromatic heterocycles. The number of fused-ring (bicyclic) bond motifs is 2. The van der Waals surface area contributed by atoms with Crippen LogP contribution in [-0.4, -0.2) is 17.5 Å². The van der Waals surface area contributed by atoms with Crippen molar-refractivity contribution < 1.29 is 0 Å². The highest BCUT2D eigenvalue weighted by Crippen LogP contribution is 2.60. The van der Waals surface area contributed by atoms with Gasteiger partial charge in [0.25, 0.3) is 0 Å². The quantitative estimate of drug-likeness (QED) is 0.134. The van der Waals surface area contributed by atoms with E-state index in [1.807, 2.05) is 0 Å². The van der Waals surface area contributed by atoms with E-state index in [1.165, 1.54) is 120 Å². The Labute approximate surface area is 196 Å². The minimum Gasteiger partial charge on any atom is -0.153 e. The zero-order valence-electron chi connectivity index (χ0n) is 21.0. The molecule has 2 heterocycles. The molecule has 30 heavy (non-hydrogen) atoms. The lowest BCUT2D eigenvalue weighted by atomic mass is 10.0. The van der Waals surface area contributed by atoms with Gasteiger partial charge in [-0.25, -0.2) is 0 Å². The van der Waals surface area contributed by atoms with Crippen LogP contribution in [0.4, 0.5) is 0 Å². The summed E-state index contributed by atoms with van der Waals surface area (Å²) >= 11 is 0. The Bertz CT molecular complexity index is 343. The van der Waals surface area contributed by atoms with Gasteiger partial charge in [0.2, 0.25) is 0 Å². The van der Waals surface area contributed by atoms with Gasteiger partial charge in [0.05, 0.1) is 0 Å². The average Bonchev–Trinajstić information content (AvgIpc) is 2.98. The van der Waals surface area contributed by atoms with Crippen LogP contribution in [0.5, 0.6) is 0 Å². The van der Waals surface area contributed by atoms with Crippen molar-refractivity contribution in [3.05, 3.63) is 0 Å². The second kappa shape index (κ2) is 20.5. The molecule has 0 nitrogen and oxygen atoms in total. The van der Waals surface area contributed by atoms with Crippen molar-refractivity contribution in [1.29, 1.82) is 0 Å². The molecular formula is C28H58P2. The summed E-state index contributed by atoms with van der Waals surface area (Å²) in [7, 11) is 0.446. The highest BCUT2D eigenvalue weighted by atomic mass is 31.1. The number of hydrogen-bond donors (Lipinski definition) is 0. The van der Waals surface area contributed by atoms with E-state index in [2.05, 4.69) is 6.92 Å². The van der Waals surface area contributed by atoms with Gasteiger partial charge in [-0.1, -0.05) is 129 Å². The van der Waals surface area contributed by atoms with Crippen molar-refractivity contribution >= 4 is 17.8 Å². The van der Waals surface area contributed by atoms with Crippen LogP contribution in [0.15, 0.2) is 0 Å². The summed E-state index contributed by atoms with van der Waals surface area (Å²) in [4.78, 5) is 0. The fourth-order valence-corrected chi connectivity index (χ4v) is 9.86. The lowest BCUT2D eigenvalue weighted by Crippen LogP contribution is -2.03. The van der Waals surface area contributed by atoms with Crippen molar-refractivity contribution in [1.82, 2.24) is 0 Å². The minimum absolute atomic E-state index is 0. The molecule has 0 N–H and O–H groups in total. The van der Waals surface area contributed by atoms with E-state index < -0.39 is 0 Å². The molecule has 0 aliphatic carbocycles. The van der Waals surface area contributed by atoms with Crippen molar-refractivity contribution in [2.45, 2.75) is 172 Å². The largest absolute Gasteiger partial charge is 0.153 e. The SMILES string of the molecule is CCCCCCCCCCCCCCCCCCCCP1C2CCCCC1CC2.P. The van der Waals surface area contributed by atoms with Crippen LogP contribution in [0.25, 0.3) is 0 Å². The van der Waals surface area contributed by atoms with Gasteiger partial charge in [0.1, 0.15) is 0 Å². The fraction of sp³-hybridized carbons (Fsp3) is 1.00. The van der Waals surface area contributed by atoms with Crippen LogP contribution in [-0.2, 0) is 0 Å². The van der Waals surface area contributed by atoms with Crippen LogP contribution >= 0.6 is 17.8 Å². The maximum atomic E-state index is 2.31. The first-order chi connectivity index (χ1) is 14.4. The van der Waals surface area contributed by atoms with Gasteiger partial charge in [-0.3, -0.25) is 0 Å². The second-order valence-electron chi connectivity index (χ2n) is 10.4. The van der Waals surface area contributed by atoms with E-state index in [0.717, 1.165) is 0 Å². The minimum atomic E-state index is 0. The van der Waals surface area contributed by atoms with E-state index in [-0.39, 0.29) is 9.90 Å². The Morgan fingerprint density at radius 3 is 1.17 bits per heavy atom. The smallest absolute Gasteiger partial charge is 0.0206 e. The third kappa shape index (κ3) is 13.4. The summed E-state index contributed by atoms with van der Waals surface area (Å²) in [5.74, 6) is 0. The van der Waals surface area contributed by atoms with Crippen molar-refractivity contribution in [2.75, 3.05) is 6.16 Å². The Hall–Kier alpha value is 0.860. The third-order valence-electron chi connectivity index (χ3n) is 7.87. The van der Waals surface area contributed by atoms with Crippen molar-refractivity contribution in [2.24, 2.45) is 0 Å². The molecule has 3 atom stereocenters. The summed E-state index contributed by atoms with van der Waals surface area (Å²) in [5, 5.41) is 0. The molecule has 0 aromatic rings. The third-order valence-corrected chi connectivity index (χ3v) is 11.6. The van der Waals surface area contributed by atoms with Crippen LogP contribution < -0.4 is 0 Å². The second-order valence-corrected chi connectivity index (χ2v) is 13.4. The maximum Gasteiger partial charge on any atom is -0.0206 e. The van der Waals surface area contributed by atoms with Gasteiger partial charge in [-0.15, -0.1) is 7.92 Å². The summed E-state index contributed by atoms with van der Waals surface area (Å²) < 4.78 is 0. The molecule has 0 amide bonds. The van der Waals surface area contributed by atoms with Crippen LogP contribution in [0.1, 0.15) is 161 Å². The van der Waals surface area contributed by atoms with Gasteiger partial charge in [-0.05, 0) is 49.6 Å². The molecule has 2 rings (SSSR count). The zero-order chi connectivity index (χ0) is 20.4. The Balaban J connectivity index is 0.00000450. The lowest BCUT2D eigenvalue weighted by molar-refractivity contribution is 0.526. The molecule has 2 heteroatoms. The molecule has 3 unspecified atom stereocenters. The molecule has 0 spiro atoms. The maximum absolute atomic E-state index is 2.31. The molecule has 0 aromatic carbocycles. The molecule has 2 aliphatic heterocycles. The van der Waals surface area contributed by atoms with Gasteiger partial charge >= 0.3 is 0 Å². The monoisotopic (exact) mass is 456 g/mol. The Kier molecular flexibility index (Phi) is 19.7. The summed E-state index contributed by atoms with van der Waals surface area (Å²) in [6.07, 6.45) is 38.1. The first-order valence-corrected chi connectivity index (χ1v) is 15.8. The van der Waals surface area contributed by atoms with Crippen LogP contribution in [0.2, 0.25) is 0 Å². The normalized spacial score (nSPS) is 23.3. The van der Waals surface area contributed by atoms with Crippen molar-refractivity contribution in [3.8, 4) is 0 Å². The van der Waals surface area contributed by atoms with E-state index in [9.17, 15) is 0 Å². The van der Waals surface area contributed by atoms with Gasteiger partial charge in [-0.2, -0.15) is 9.90 Å². The van der Waals surface area contributed by atoms with E-state index in [1.54, 1.807) is 51.1 Å². The van der Waals surface area contributed by atoms with Gasteiger partial charge in [0, 0.05) is 0 Å². The number of hydrogen-bond acceptors (Lipinski definition) is 0. The van der Waals surface area contributed by atoms with E-state index >= 15 is 0 Å². The fourth-order valence-electron chi connectivity index (χ4n) is 5.96. The standard InChI is InChI=1S/C28H55P.H3P/c1-2-3-4-5-6-7-8-9-10-11-12-13-14-15-16-17-18-21-26-29-27-22-19-20-23-28(29)25-24-27;/h27-28H,2-26H2,1H3;1H3. The van der Waals surface area contributed by atoms with E-state index in [0.29, 0.717) is 7.92 Å². The zero-order valence-corrected chi connectivity index (χ0v) is 23.3. The predicted molar refractivity (Wildman–Crippen MR) is 147 cm³/mol. The van der Waals surface area contributed by atoms with Gasteiger partial charge < -0.3 is 0 Å². The number of rotatable bonds is 19. The molecule has 2 aliphatic rings. The average molecular weight is 457 g/mol. The first kappa shape index (κ1) is 28.9. The molecule has 2 saturated heterocycles.